The maximum absolute atomic E-state index is 14.0. The number of alkyl carbamates (subject to hydrolysis) is 1. The van der Waals surface area contributed by atoms with Gasteiger partial charge < -0.3 is 20.3 Å². The largest absolute Gasteiger partial charge is 0.444 e. The molecule has 0 heterocycles. The summed E-state index contributed by atoms with van der Waals surface area (Å²) >= 11 is 4.34. The molecule has 1 aromatic rings. The molecular formula is C26H43N3O4S. The Hall–Kier alpha value is -2.22. The van der Waals surface area contributed by atoms with Crippen molar-refractivity contribution in [3.05, 3.63) is 34.9 Å². The lowest BCUT2D eigenvalue weighted by Crippen LogP contribution is -2.60. The van der Waals surface area contributed by atoms with E-state index in [1.165, 1.54) is 0 Å². The summed E-state index contributed by atoms with van der Waals surface area (Å²) in [5.74, 6) is -0.606. The highest BCUT2D eigenvalue weighted by atomic mass is 32.1. The van der Waals surface area contributed by atoms with Crippen LogP contribution in [0, 0.1) is 13.8 Å². The van der Waals surface area contributed by atoms with E-state index in [-0.39, 0.29) is 17.7 Å². The van der Waals surface area contributed by atoms with Crippen molar-refractivity contribution >= 4 is 30.5 Å². The Morgan fingerprint density at radius 2 is 1.65 bits per heavy atom. The van der Waals surface area contributed by atoms with E-state index in [4.69, 9.17) is 4.74 Å². The second-order valence-corrected chi connectivity index (χ2v) is 11.0. The Morgan fingerprint density at radius 1 is 1.06 bits per heavy atom. The van der Waals surface area contributed by atoms with E-state index >= 15 is 0 Å². The first kappa shape index (κ1) is 29.8. The zero-order valence-electron chi connectivity index (χ0n) is 22.4. The maximum Gasteiger partial charge on any atom is 0.408 e. The fourth-order valence-electron chi connectivity index (χ4n) is 3.58. The molecule has 8 heteroatoms. The molecule has 0 bridgehead atoms. The molecule has 0 aliphatic carbocycles. The first-order valence-corrected chi connectivity index (χ1v) is 12.5. The number of ether oxygens (including phenoxy) is 1. The summed E-state index contributed by atoms with van der Waals surface area (Å²) in [6.07, 6.45) is -0.107. The Kier molecular flexibility index (Phi) is 10.5. The van der Waals surface area contributed by atoms with E-state index in [0.717, 1.165) is 16.7 Å². The highest BCUT2D eigenvalue weighted by Gasteiger charge is 2.43. The van der Waals surface area contributed by atoms with Gasteiger partial charge in [-0.1, -0.05) is 25.1 Å². The van der Waals surface area contributed by atoms with Crippen LogP contribution in [-0.2, 0) is 14.3 Å². The highest BCUT2D eigenvalue weighted by Crippen LogP contribution is 2.34. The van der Waals surface area contributed by atoms with E-state index in [2.05, 4.69) is 23.3 Å². The summed E-state index contributed by atoms with van der Waals surface area (Å²) in [5, 5.41) is 5.64. The van der Waals surface area contributed by atoms with Crippen molar-refractivity contribution in [1.82, 2.24) is 15.5 Å². The standard InChI is InChI=1S/C26H43N3O4S/c1-11-26(9,10)29(23(31)20(15-34)28-24(32)33-25(6,7)8)21(22(30)27-16(2)3)19-14-12-13-17(4)18(19)5/h12-14,16,20-21,34H,11,15H2,1-10H3,(H,27,30)(H,28,32). The van der Waals surface area contributed by atoms with E-state index in [0.29, 0.717) is 6.42 Å². The predicted octanol–water partition coefficient (Wildman–Crippen LogP) is 4.71. The number of amides is 3. The van der Waals surface area contributed by atoms with E-state index in [1.807, 2.05) is 66.7 Å². The third-order valence-electron chi connectivity index (χ3n) is 5.81. The Morgan fingerprint density at radius 3 is 2.12 bits per heavy atom. The van der Waals surface area contributed by atoms with Gasteiger partial charge in [0.15, 0.2) is 0 Å². The first-order chi connectivity index (χ1) is 15.6. The van der Waals surface area contributed by atoms with Gasteiger partial charge in [-0.3, -0.25) is 9.59 Å². The van der Waals surface area contributed by atoms with E-state index in [1.54, 1.807) is 25.7 Å². The monoisotopic (exact) mass is 493 g/mol. The van der Waals surface area contributed by atoms with Gasteiger partial charge in [0, 0.05) is 17.3 Å². The topological polar surface area (TPSA) is 87.7 Å². The summed E-state index contributed by atoms with van der Waals surface area (Å²) in [4.78, 5) is 41.7. The van der Waals surface area contributed by atoms with Crippen molar-refractivity contribution in [3.8, 4) is 0 Å². The number of hydrogen-bond acceptors (Lipinski definition) is 5. The number of thiol groups is 1. The number of nitrogens with one attached hydrogen (secondary N) is 2. The summed E-state index contributed by atoms with van der Waals surface area (Å²) in [7, 11) is 0. The number of carbonyl (C=O) groups excluding carboxylic acids is 3. The SMILES string of the molecule is CCC(C)(C)N(C(=O)C(CS)NC(=O)OC(C)(C)C)C(C(=O)NC(C)C)c1cccc(C)c1C. The molecule has 2 atom stereocenters. The van der Waals surface area contributed by atoms with Crippen LogP contribution in [0.1, 0.15) is 84.5 Å². The molecule has 3 amide bonds. The summed E-state index contributed by atoms with van der Waals surface area (Å²) in [5.41, 5.74) is 1.32. The van der Waals surface area contributed by atoms with Crippen molar-refractivity contribution in [2.45, 2.75) is 105 Å². The fraction of sp³-hybridized carbons (Fsp3) is 0.654. The fourth-order valence-corrected chi connectivity index (χ4v) is 3.83. The van der Waals surface area contributed by atoms with Gasteiger partial charge in [-0.05, 0) is 85.4 Å². The van der Waals surface area contributed by atoms with Crippen molar-refractivity contribution < 1.29 is 19.1 Å². The molecule has 0 aromatic heterocycles. The zero-order chi connectivity index (χ0) is 26.4. The van der Waals surface area contributed by atoms with Crippen molar-refractivity contribution in [2.75, 3.05) is 5.75 Å². The molecule has 2 unspecified atom stereocenters. The predicted molar refractivity (Wildman–Crippen MR) is 140 cm³/mol. The molecule has 0 fully saturated rings. The average Bonchev–Trinajstić information content (AvgIpc) is 2.70. The van der Waals surface area contributed by atoms with Crippen LogP contribution >= 0.6 is 12.6 Å². The summed E-state index contributed by atoms with van der Waals surface area (Å²) in [6, 6.07) is 3.80. The molecule has 0 saturated carbocycles. The molecule has 7 nitrogen and oxygen atoms in total. The van der Waals surface area contributed by atoms with Crippen LogP contribution in [-0.4, -0.2) is 51.8 Å². The lowest BCUT2D eigenvalue weighted by atomic mass is 9.89. The minimum Gasteiger partial charge on any atom is -0.444 e. The molecule has 1 rings (SSSR count). The van der Waals surface area contributed by atoms with Gasteiger partial charge in [0.1, 0.15) is 17.7 Å². The maximum atomic E-state index is 14.0. The van der Waals surface area contributed by atoms with Crippen molar-refractivity contribution in [1.29, 1.82) is 0 Å². The van der Waals surface area contributed by atoms with Gasteiger partial charge in [0.05, 0.1) is 0 Å². The van der Waals surface area contributed by atoms with Crippen molar-refractivity contribution in [2.24, 2.45) is 0 Å². The third kappa shape index (κ3) is 7.93. The minimum atomic E-state index is -0.969. The van der Waals surface area contributed by atoms with Crippen LogP contribution in [0.4, 0.5) is 4.79 Å². The van der Waals surface area contributed by atoms with Crippen LogP contribution in [0.15, 0.2) is 18.2 Å². The molecule has 0 saturated heterocycles. The van der Waals surface area contributed by atoms with Gasteiger partial charge >= 0.3 is 6.09 Å². The molecular weight excluding hydrogens is 450 g/mol. The quantitative estimate of drug-likeness (QED) is 0.435. The first-order valence-electron chi connectivity index (χ1n) is 11.9. The molecule has 1 aromatic carbocycles. The molecule has 192 valence electrons. The van der Waals surface area contributed by atoms with Gasteiger partial charge in [0.25, 0.3) is 0 Å². The lowest BCUT2D eigenvalue weighted by Gasteiger charge is -2.45. The second kappa shape index (κ2) is 12.0. The Labute approximate surface area is 210 Å². The normalized spacial score (nSPS) is 13.8. The zero-order valence-corrected chi connectivity index (χ0v) is 23.3. The summed E-state index contributed by atoms with van der Waals surface area (Å²) < 4.78 is 5.36. The average molecular weight is 494 g/mol. The van der Waals surface area contributed by atoms with E-state index in [9.17, 15) is 14.4 Å². The number of hydrogen-bond donors (Lipinski definition) is 3. The van der Waals surface area contributed by atoms with Gasteiger partial charge in [-0.25, -0.2) is 4.79 Å². The molecule has 0 radical (unpaired) electrons. The van der Waals surface area contributed by atoms with Crippen LogP contribution in [0.25, 0.3) is 0 Å². The van der Waals surface area contributed by atoms with E-state index < -0.39 is 35.2 Å². The molecule has 0 aliphatic heterocycles. The van der Waals surface area contributed by atoms with Crippen LogP contribution in [0.2, 0.25) is 0 Å². The molecule has 0 spiro atoms. The lowest BCUT2D eigenvalue weighted by molar-refractivity contribution is -0.149. The van der Waals surface area contributed by atoms with Crippen molar-refractivity contribution in [3.63, 3.8) is 0 Å². The third-order valence-corrected chi connectivity index (χ3v) is 6.17. The number of carbonyl (C=O) groups is 3. The van der Waals surface area contributed by atoms with Gasteiger partial charge in [-0.2, -0.15) is 12.6 Å². The molecule has 34 heavy (non-hydrogen) atoms. The molecule has 0 aliphatic rings. The van der Waals surface area contributed by atoms with Gasteiger partial charge in [0.2, 0.25) is 11.8 Å². The number of rotatable bonds is 9. The smallest absolute Gasteiger partial charge is 0.408 e. The number of benzene rings is 1. The van der Waals surface area contributed by atoms with Crippen LogP contribution < -0.4 is 10.6 Å². The number of aryl methyl sites for hydroxylation is 1. The second-order valence-electron chi connectivity index (χ2n) is 10.6. The van der Waals surface area contributed by atoms with Crippen LogP contribution in [0.5, 0.6) is 0 Å². The summed E-state index contributed by atoms with van der Waals surface area (Å²) in [6.45, 7) is 18.8. The Balaban J connectivity index is 3.62. The molecule has 2 N–H and O–H groups in total. The minimum absolute atomic E-state index is 0.0552. The highest BCUT2D eigenvalue weighted by molar-refractivity contribution is 7.80. The van der Waals surface area contributed by atoms with Gasteiger partial charge in [-0.15, -0.1) is 0 Å². The Bertz CT molecular complexity index is 877. The van der Waals surface area contributed by atoms with Crippen LogP contribution in [0.3, 0.4) is 0 Å². The number of nitrogens with zero attached hydrogens (tertiary/aromatic N) is 1.